The maximum absolute atomic E-state index is 14.9. The van der Waals surface area contributed by atoms with E-state index in [2.05, 4.69) is 15.9 Å². The zero-order valence-electron chi connectivity index (χ0n) is 18.8. The predicted octanol–water partition coefficient (Wildman–Crippen LogP) is 5.00. The van der Waals surface area contributed by atoms with Crippen molar-refractivity contribution >= 4 is 37.9 Å². The van der Waals surface area contributed by atoms with Crippen molar-refractivity contribution in [2.45, 2.75) is 31.3 Å². The van der Waals surface area contributed by atoms with Gasteiger partial charge in [0, 0.05) is 29.3 Å². The number of aldehydes is 1. The lowest BCUT2D eigenvalue weighted by Crippen LogP contribution is -2.23. The summed E-state index contributed by atoms with van der Waals surface area (Å²) in [6.45, 7) is 3.84. The van der Waals surface area contributed by atoms with Gasteiger partial charge in [0.15, 0.2) is 0 Å². The molecule has 0 saturated carbocycles. The number of aryl methyl sites for hydroxylation is 1. The summed E-state index contributed by atoms with van der Waals surface area (Å²) in [5.74, 6) is -2.49. The lowest BCUT2D eigenvalue weighted by atomic mass is 9.99. The van der Waals surface area contributed by atoms with Crippen molar-refractivity contribution in [1.82, 2.24) is 0 Å². The molecular weight excluding hydrogens is 546 g/mol. The Kier molecular flexibility index (Phi) is 8.14. The second-order valence-electron chi connectivity index (χ2n) is 7.73. The number of carbonyl (C=O) groups is 1. The van der Waals surface area contributed by atoms with Gasteiger partial charge in [0.25, 0.3) is 10.0 Å². The number of nitrogens with two attached hydrogens (primary N) is 1. The molecular formula is C24H23BrF2N2O5S. The van der Waals surface area contributed by atoms with Crippen molar-refractivity contribution in [3.05, 3.63) is 69.7 Å². The number of carbonyl (C=O) groups excluding carboxylic acids is 1. The summed E-state index contributed by atoms with van der Waals surface area (Å²) < 4.78 is 63.4. The van der Waals surface area contributed by atoms with Gasteiger partial charge in [0.2, 0.25) is 0 Å². The Balaban J connectivity index is 2.14. The van der Waals surface area contributed by atoms with Gasteiger partial charge in [-0.3, -0.25) is 9.52 Å². The monoisotopic (exact) mass is 568 g/mol. The lowest BCUT2D eigenvalue weighted by Gasteiger charge is -2.18. The molecule has 0 saturated heterocycles. The first-order chi connectivity index (χ1) is 16.5. The van der Waals surface area contributed by atoms with E-state index in [1.54, 1.807) is 25.1 Å². The highest BCUT2D eigenvalue weighted by Gasteiger charge is 2.25. The Bertz CT molecular complexity index is 1380. The normalized spacial score (nSPS) is 12.3. The van der Waals surface area contributed by atoms with Crippen LogP contribution in [0.5, 0.6) is 11.5 Å². The number of nitrogens with one attached hydrogen (secondary N) is 1. The van der Waals surface area contributed by atoms with Crippen LogP contribution in [0.2, 0.25) is 0 Å². The number of halogens is 3. The minimum atomic E-state index is -4.58. The number of ether oxygens (including phenoxy) is 1. The van der Waals surface area contributed by atoms with E-state index in [1.165, 1.54) is 6.07 Å². The Morgan fingerprint density at radius 2 is 1.86 bits per heavy atom. The van der Waals surface area contributed by atoms with Crippen LogP contribution in [-0.4, -0.2) is 32.5 Å². The molecule has 4 N–H and O–H groups in total. The van der Waals surface area contributed by atoms with Crippen molar-refractivity contribution in [1.29, 1.82) is 0 Å². The quantitative estimate of drug-likeness (QED) is 0.312. The van der Waals surface area contributed by atoms with E-state index >= 15 is 0 Å². The average molecular weight is 569 g/mol. The van der Waals surface area contributed by atoms with Crippen molar-refractivity contribution < 1.29 is 31.8 Å². The van der Waals surface area contributed by atoms with Crippen molar-refractivity contribution in [2.24, 2.45) is 5.73 Å². The highest BCUT2D eigenvalue weighted by molar-refractivity contribution is 9.10. The Labute approximate surface area is 210 Å². The molecule has 0 aliphatic carbocycles. The molecule has 0 bridgehead atoms. The second kappa shape index (κ2) is 10.7. The van der Waals surface area contributed by atoms with Crippen LogP contribution in [0.15, 0.2) is 51.8 Å². The standard InChI is InChI=1S/C24H23BrF2N2O5S/c1-3-14-4-5-22(34-13(2)11-28)17(6-14)16-9-21(20(27)10-19(16)26)29-35(32,33)23-8-15(12-30)7-18(25)24(23)31/h4-10,12-13,29,31H,3,11,28H2,1-2H3/t13-/m0/s1. The Morgan fingerprint density at radius 1 is 1.14 bits per heavy atom. The summed E-state index contributed by atoms with van der Waals surface area (Å²) in [4.78, 5) is 10.5. The van der Waals surface area contributed by atoms with E-state index in [0.29, 0.717) is 24.5 Å². The third kappa shape index (κ3) is 5.80. The van der Waals surface area contributed by atoms with Gasteiger partial charge >= 0.3 is 0 Å². The number of hydrogen-bond donors (Lipinski definition) is 3. The molecule has 0 aliphatic heterocycles. The van der Waals surface area contributed by atoms with Gasteiger partial charge in [0.05, 0.1) is 10.2 Å². The molecule has 0 aliphatic rings. The van der Waals surface area contributed by atoms with Gasteiger partial charge in [-0.05, 0) is 65.2 Å². The summed E-state index contributed by atoms with van der Waals surface area (Å²) >= 11 is 2.98. The SMILES string of the molecule is CCc1ccc(O[C@@H](C)CN)c(-c2cc(NS(=O)(=O)c3cc(C=O)cc(Br)c3O)c(F)cc2F)c1. The fraction of sp³-hybridized carbons (Fsp3) is 0.208. The zero-order valence-corrected chi connectivity index (χ0v) is 21.2. The number of phenols is 1. The molecule has 35 heavy (non-hydrogen) atoms. The molecule has 186 valence electrons. The summed E-state index contributed by atoms with van der Waals surface area (Å²) in [6, 6.07) is 8.84. The number of anilines is 1. The number of benzene rings is 3. The summed E-state index contributed by atoms with van der Waals surface area (Å²) in [6.07, 6.45) is 0.627. The highest BCUT2D eigenvalue weighted by Crippen LogP contribution is 2.38. The van der Waals surface area contributed by atoms with Gasteiger partial charge in [-0.25, -0.2) is 17.2 Å². The van der Waals surface area contributed by atoms with Gasteiger partial charge in [-0.1, -0.05) is 13.0 Å². The van der Waals surface area contributed by atoms with Crippen molar-refractivity contribution in [3.8, 4) is 22.6 Å². The number of rotatable bonds is 9. The lowest BCUT2D eigenvalue weighted by molar-refractivity contribution is 0.112. The third-order valence-corrected chi connectivity index (χ3v) is 7.16. The number of sulfonamides is 1. The van der Waals surface area contributed by atoms with E-state index in [0.717, 1.165) is 17.7 Å². The molecule has 0 fully saturated rings. The zero-order chi connectivity index (χ0) is 25.9. The van der Waals surface area contributed by atoms with E-state index in [4.69, 9.17) is 10.5 Å². The van der Waals surface area contributed by atoms with Gasteiger partial charge in [-0.2, -0.15) is 0 Å². The van der Waals surface area contributed by atoms with Gasteiger partial charge in [0.1, 0.15) is 40.4 Å². The van der Waals surface area contributed by atoms with Crippen LogP contribution in [0.3, 0.4) is 0 Å². The molecule has 7 nitrogen and oxygen atoms in total. The predicted molar refractivity (Wildman–Crippen MR) is 132 cm³/mol. The van der Waals surface area contributed by atoms with Crippen LogP contribution in [0.25, 0.3) is 11.1 Å². The van der Waals surface area contributed by atoms with Crippen LogP contribution in [-0.2, 0) is 16.4 Å². The van der Waals surface area contributed by atoms with Gasteiger partial charge in [-0.15, -0.1) is 0 Å². The van der Waals surface area contributed by atoms with Crippen LogP contribution in [0, 0.1) is 11.6 Å². The molecule has 1 atom stereocenters. The molecule has 0 heterocycles. The van der Waals surface area contributed by atoms with E-state index in [1.807, 2.05) is 11.6 Å². The first-order valence-corrected chi connectivity index (χ1v) is 12.8. The second-order valence-corrected chi connectivity index (χ2v) is 10.2. The first-order valence-electron chi connectivity index (χ1n) is 10.5. The molecule has 0 aromatic heterocycles. The fourth-order valence-corrected chi connectivity index (χ4v) is 5.10. The number of aromatic hydroxyl groups is 1. The fourth-order valence-electron chi connectivity index (χ4n) is 3.28. The molecule has 3 aromatic carbocycles. The third-order valence-electron chi connectivity index (χ3n) is 5.18. The largest absolute Gasteiger partial charge is 0.505 e. The molecule has 11 heteroatoms. The maximum atomic E-state index is 14.9. The maximum Gasteiger partial charge on any atom is 0.265 e. The molecule has 3 rings (SSSR count). The highest BCUT2D eigenvalue weighted by atomic mass is 79.9. The molecule has 0 amide bonds. The average Bonchev–Trinajstić information content (AvgIpc) is 2.82. The van der Waals surface area contributed by atoms with Crippen LogP contribution < -0.4 is 15.2 Å². The summed E-state index contributed by atoms with van der Waals surface area (Å²) in [7, 11) is -4.58. The minimum absolute atomic E-state index is 0.0393. The number of phenolic OH excluding ortho intramolecular Hbond substituents is 1. The van der Waals surface area contributed by atoms with Gasteiger partial charge < -0.3 is 15.6 Å². The summed E-state index contributed by atoms with van der Waals surface area (Å²) in [5.41, 5.74) is 6.06. The van der Waals surface area contributed by atoms with Crippen LogP contribution in [0.4, 0.5) is 14.5 Å². The molecule has 0 unspecified atom stereocenters. The van der Waals surface area contributed by atoms with E-state index in [9.17, 15) is 27.1 Å². The van der Waals surface area contributed by atoms with E-state index in [-0.39, 0.29) is 27.7 Å². The van der Waals surface area contributed by atoms with Crippen LogP contribution >= 0.6 is 15.9 Å². The Hall–Kier alpha value is -3.02. The molecule has 3 aromatic rings. The molecule has 0 radical (unpaired) electrons. The minimum Gasteiger partial charge on any atom is -0.505 e. The topological polar surface area (TPSA) is 119 Å². The Morgan fingerprint density at radius 3 is 2.49 bits per heavy atom. The number of hydrogen-bond acceptors (Lipinski definition) is 6. The van der Waals surface area contributed by atoms with E-state index < -0.39 is 44.1 Å². The molecule has 0 spiro atoms. The van der Waals surface area contributed by atoms with Crippen molar-refractivity contribution in [3.63, 3.8) is 0 Å². The first kappa shape index (κ1) is 26.6. The van der Waals surface area contributed by atoms with Crippen molar-refractivity contribution in [2.75, 3.05) is 11.3 Å². The van der Waals surface area contributed by atoms with Crippen LogP contribution in [0.1, 0.15) is 29.8 Å². The summed E-state index contributed by atoms with van der Waals surface area (Å²) in [5, 5.41) is 10.2. The smallest absolute Gasteiger partial charge is 0.265 e.